The van der Waals surface area contributed by atoms with Crippen LogP contribution in [0.3, 0.4) is 0 Å². The van der Waals surface area contributed by atoms with Crippen molar-refractivity contribution in [1.29, 1.82) is 0 Å². The third-order valence-corrected chi connectivity index (χ3v) is 5.90. The van der Waals surface area contributed by atoms with Crippen molar-refractivity contribution in [1.82, 2.24) is 4.57 Å². The molecule has 1 heterocycles. The molecule has 6 nitrogen and oxygen atoms in total. The number of fused-ring (bicyclic) bond motifs is 1. The lowest BCUT2D eigenvalue weighted by molar-refractivity contribution is 0.0997. The normalized spacial score (nSPS) is 11.7. The standard InChI is InChI=1S/C22H26N2O4S/c1-7-8-24-16-9-13(2)14(3)10-19(16)29-22(24)23-21(25)15-11-17(26-4)20(28-6)18(12-15)27-5/h9-12H,7-8H2,1-6H3. The number of rotatable bonds is 6. The second kappa shape index (κ2) is 8.69. The van der Waals surface area contributed by atoms with Crippen LogP contribution in [0.25, 0.3) is 10.2 Å². The van der Waals surface area contributed by atoms with Crippen LogP contribution in [0, 0.1) is 13.8 Å². The zero-order valence-electron chi connectivity index (χ0n) is 17.7. The lowest BCUT2D eigenvalue weighted by Gasteiger charge is -2.12. The number of nitrogens with zero attached hydrogens (tertiary/aromatic N) is 2. The summed E-state index contributed by atoms with van der Waals surface area (Å²) < 4.78 is 19.3. The van der Waals surface area contributed by atoms with E-state index in [1.54, 1.807) is 12.1 Å². The van der Waals surface area contributed by atoms with Gasteiger partial charge in [-0.25, -0.2) is 0 Å². The van der Waals surface area contributed by atoms with Crippen LogP contribution in [-0.2, 0) is 6.54 Å². The highest BCUT2D eigenvalue weighted by atomic mass is 32.1. The van der Waals surface area contributed by atoms with E-state index in [2.05, 4.69) is 42.5 Å². The molecular weight excluding hydrogens is 388 g/mol. The summed E-state index contributed by atoms with van der Waals surface area (Å²) in [6.45, 7) is 7.10. The Kier molecular flexibility index (Phi) is 6.27. The largest absolute Gasteiger partial charge is 0.493 e. The van der Waals surface area contributed by atoms with E-state index in [1.165, 1.54) is 43.8 Å². The van der Waals surface area contributed by atoms with Crippen LogP contribution in [-0.4, -0.2) is 31.8 Å². The molecule has 1 amide bonds. The number of aryl methyl sites for hydroxylation is 3. The smallest absolute Gasteiger partial charge is 0.279 e. The Morgan fingerprint density at radius 3 is 2.17 bits per heavy atom. The van der Waals surface area contributed by atoms with E-state index in [-0.39, 0.29) is 5.91 Å². The van der Waals surface area contributed by atoms with Crippen LogP contribution in [0.1, 0.15) is 34.8 Å². The summed E-state index contributed by atoms with van der Waals surface area (Å²) in [6, 6.07) is 7.57. The Hall–Kier alpha value is -2.80. The average molecular weight is 415 g/mol. The molecule has 0 radical (unpaired) electrons. The Labute approximate surface area is 174 Å². The molecule has 2 aromatic carbocycles. The lowest BCUT2D eigenvalue weighted by atomic mass is 10.1. The second-order valence-electron chi connectivity index (χ2n) is 6.77. The minimum absolute atomic E-state index is 0.353. The SMILES string of the molecule is CCCn1c(=NC(=O)c2cc(OC)c(OC)c(OC)c2)sc2cc(C)c(C)cc21. The van der Waals surface area contributed by atoms with Gasteiger partial charge in [-0.3, -0.25) is 4.79 Å². The second-order valence-corrected chi connectivity index (χ2v) is 7.78. The summed E-state index contributed by atoms with van der Waals surface area (Å²) in [5.74, 6) is 0.943. The molecule has 3 rings (SSSR count). The fourth-order valence-electron chi connectivity index (χ4n) is 3.20. The third-order valence-electron chi connectivity index (χ3n) is 4.85. The maximum absolute atomic E-state index is 13.0. The van der Waals surface area contributed by atoms with Gasteiger partial charge in [0.15, 0.2) is 16.3 Å². The first kappa shape index (κ1) is 20.9. The molecule has 0 saturated heterocycles. The molecule has 0 aliphatic rings. The van der Waals surface area contributed by atoms with Crippen LogP contribution in [0.4, 0.5) is 0 Å². The van der Waals surface area contributed by atoms with Crippen LogP contribution in [0.5, 0.6) is 17.2 Å². The Balaban J connectivity index is 2.16. The van der Waals surface area contributed by atoms with Crippen molar-refractivity contribution in [3.8, 4) is 17.2 Å². The van der Waals surface area contributed by atoms with Crippen molar-refractivity contribution in [2.75, 3.05) is 21.3 Å². The van der Waals surface area contributed by atoms with Crippen LogP contribution >= 0.6 is 11.3 Å². The summed E-state index contributed by atoms with van der Waals surface area (Å²) in [4.78, 5) is 18.1. The van der Waals surface area contributed by atoms with Gasteiger partial charge >= 0.3 is 0 Å². The highest BCUT2D eigenvalue weighted by Crippen LogP contribution is 2.38. The molecule has 0 aliphatic heterocycles. The van der Waals surface area contributed by atoms with Gasteiger partial charge in [0, 0.05) is 12.1 Å². The highest BCUT2D eigenvalue weighted by molar-refractivity contribution is 7.16. The van der Waals surface area contributed by atoms with Crippen molar-refractivity contribution >= 4 is 27.5 Å². The maximum atomic E-state index is 13.0. The molecular formula is C22H26N2O4S. The van der Waals surface area contributed by atoms with Gasteiger partial charge in [-0.2, -0.15) is 4.99 Å². The number of hydrogen-bond donors (Lipinski definition) is 0. The molecule has 0 unspecified atom stereocenters. The van der Waals surface area contributed by atoms with E-state index in [0.29, 0.717) is 27.6 Å². The Morgan fingerprint density at radius 1 is 1.00 bits per heavy atom. The van der Waals surface area contributed by atoms with Crippen molar-refractivity contribution in [3.05, 3.63) is 45.8 Å². The van der Waals surface area contributed by atoms with E-state index in [1.807, 2.05) is 0 Å². The molecule has 29 heavy (non-hydrogen) atoms. The number of hydrogen-bond acceptors (Lipinski definition) is 5. The van der Waals surface area contributed by atoms with Crippen LogP contribution in [0.15, 0.2) is 29.3 Å². The minimum atomic E-state index is -0.353. The summed E-state index contributed by atoms with van der Waals surface area (Å²) >= 11 is 1.53. The van der Waals surface area contributed by atoms with Gasteiger partial charge in [0.2, 0.25) is 5.75 Å². The van der Waals surface area contributed by atoms with Crippen molar-refractivity contribution in [2.24, 2.45) is 4.99 Å². The zero-order valence-corrected chi connectivity index (χ0v) is 18.5. The zero-order chi connectivity index (χ0) is 21.1. The van der Waals surface area contributed by atoms with Gasteiger partial charge in [-0.15, -0.1) is 0 Å². The van der Waals surface area contributed by atoms with Crippen molar-refractivity contribution < 1.29 is 19.0 Å². The van der Waals surface area contributed by atoms with Gasteiger partial charge in [0.05, 0.1) is 31.5 Å². The number of methoxy groups -OCH3 is 3. The fraction of sp³-hybridized carbons (Fsp3) is 0.364. The summed E-state index contributed by atoms with van der Waals surface area (Å²) in [7, 11) is 4.57. The predicted molar refractivity (Wildman–Crippen MR) is 116 cm³/mol. The first-order valence-corrected chi connectivity index (χ1v) is 10.2. The highest BCUT2D eigenvalue weighted by Gasteiger charge is 2.17. The minimum Gasteiger partial charge on any atom is -0.493 e. The van der Waals surface area contributed by atoms with Gasteiger partial charge in [0.25, 0.3) is 5.91 Å². The van der Waals surface area contributed by atoms with Gasteiger partial charge in [-0.1, -0.05) is 18.3 Å². The van der Waals surface area contributed by atoms with Gasteiger partial charge in [0.1, 0.15) is 0 Å². The molecule has 154 valence electrons. The third kappa shape index (κ3) is 4.00. The lowest BCUT2D eigenvalue weighted by Crippen LogP contribution is -2.17. The number of ether oxygens (including phenoxy) is 3. The molecule has 3 aromatic rings. The topological polar surface area (TPSA) is 62.1 Å². The summed E-state index contributed by atoms with van der Waals surface area (Å²) in [5.41, 5.74) is 3.94. The molecule has 0 saturated carbocycles. The van der Waals surface area contributed by atoms with Crippen LogP contribution < -0.4 is 19.0 Å². The molecule has 0 N–H and O–H groups in total. The summed E-state index contributed by atoms with van der Waals surface area (Å²) in [6.07, 6.45) is 0.949. The molecule has 0 aliphatic carbocycles. The molecule has 0 fully saturated rings. The maximum Gasteiger partial charge on any atom is 0.279 e. The number of carbonyl (C=O) groups is 1. The van der Waals surface area contributed by atoms with Crippen molar-refractivity contribution in [2.45, 2.75) is 33.7 Å². The number of thiazole rings is 1. The number of benzene rings is 2. The fourth-order valence-corrected chi connectivity index (χ4v) is 4.34. The van der Waals surface area contributed by atoms with E-state index < -0.39 is 0 Å². The first-order valence-electron chi connectivity index (χ1n) is 9.43. The molecule has 0 bridgehead atoms. The molecule has 1 aromatic heterocycles. The average Bonchev–Trinajstić information content (AvgIpc) is 3.03. The Bertz CT molecular complexity index is 1100. The van der Waals surface area contributed by atoms with Crippen molar-refractivity contribution in [3.63, 3.8) is 0 Å². The van der Waals surface area contributed by atoms with E-state index >= 15 is 0 Å². The van der Waals surface area contributed by atoms with Gasteiger partial charge in [-0.05, 0) is 55.7 Å². The number of carbonyl (C=O) groups excluding carboxylic acids is 1. The van der Waals surface area contributed by atoms with Crippen LogP contribution in [0.2, 0.25) is 0 Å². The van der Waals surface area contributed by atoms with E-state index in [0.717, 1.165) is 23.2 Å². The first-order chi connectivity index (χ1) is 13.9. The molecule has 0 atom stereocenters. The number of aromatic nitrogens is 1. The molecule has 0 spiro atoms. The quantitative estimate of drug-likeness (QED) is 0.596. The van der Waals surface area contributed by atoms with E-state index in [9.17, 15) is 4.79 Å². The number of amides is 1. The van der Waals surface area contributed by atoms with Gasteiger partial charge < -0.3 is 18.8 Å². The monoisotopic (exact) mass is 414 g/mol. The molecule has 7 heteroatoms. The predicted octanol–water partition coefficient (Wildman–Crippen LogP) is 4.50. The Morgan fingerprint density at radius 2 is 1.62 bits per heavy atom. The van der Waals surface area contributed by atoms with E-state index in [4.69, 9.17) is 14.2 Å². The summed E-state index contributed by atoms with van der Waals surface area (Å²) in [5, 5.41) is 0.